The largest absolute Gasteiger partial charge is 0.481 e. The van der Waals surface area contributed by atoms with Gasteiger partial charge in [-0.25, -0.2) is 0 Å². The highest BCUT2D eigenvalue weighted by molar-refractivity contribution is 7.99. The fourth-order valence-corrected chi connectivity index (χ4v) is 3.12. The average molecular weight is 300 g/mol. The number of carbonyl (C=O) groups is 1. The summed E-state index contributed by atoms with van der Waals surface area (Å²) in [5.41, 5.74) is 0. The van der Waals surface area contributed by atoms with Crippen LogP contribution in [0, 0.1) is 6.92 Å². The highest BCUT2D eigenvalue weighted by Crippen LogP contribution is 2.22. The first kappa shape index (κ1) is 15.3. The van der Waals surface area contributed by atoms with Gasteiger partial charge in [-0.15, -0.1) is 10.2 Å². The van der Waals surface area contributed by atoms with Gasteiger partial charge in [0, 0.05) is 25.7 Å². The zero-order valence-electron chi connectivity index (χ0n) is 11.8. The zero-order chi connectivity index (χ0) is 14.5. The molecule has 2 heterocycles. The Morgan fingerprint density at radius 1 is 1.45 bits per heavy atom. The van der Waals surface area contributed by atoms with Crippen LogP contribution in [0.2, 0.25) is 0 Å². The van der Waals surface area contributed by atoms with Gasteiger partial charge in [0.05, 0.1) is 19.0 Å². The van der Waals surface area contributed by atoms with Gasteiger partial charge in [0.15, 0.2) is 5.16 Å². The number of ether oxygens (including phenoxy) is 1. The maximum absolute atomic E-state index is 10.7. The Morgan fingerprint density at radius 2 is 2.15 bits per heavy atom. The Hall–Kier alpha value is -1.12. The van der Waals surface area contributed by atoms with Gasteiger partial charge in [-0.2, -0.15) is 0 Å². The number of thioether (sulfide) groups is 1. The fourth-order valence-electron chi connectivity index (χ4n) is 2.32. The predicted molar refractivity (Wildman–Crippen MR) is 75.1 cm³/mol. The van der Waals surface area contributed by atoms with E-state index in [0.717, 1.165) is 38.7 Å². The van der Waals surface area contributed by atoms with Crippen molar-refractivity contribution in [2.24, 2.45) is 0 Å². The number of aliphatic carboxylic acids is 1. The van der Waals surface area contributed by atoms with Gasteiger partial charge < -0.3 is 14.4 Å². The van der Waals surface area contributed by atoms with Gasteiger partial charge in [0.2, 0.25) is 0 Å². The van der Waals surface area contributed by atoms with Crippen molar-refractivity contribution in [3.05, 3.63) is 5.82 Å². The molecule has 0 radical (unpaired) electrons. The summed E-state index contributed by atoms with van der Waals surface area (Å²) in [6.07, 6.45) is 0. The van der Waals surface area contributed by atoms with Gasteiger partial charge in [0.1, 0.15) is 5.82 Å². The summed E-state index contributed by atoms with van der Waals surface area (Å²) in [6, 6.07) is 0.208. The summed E-state index contributed by atoms with van der Waals surface area (Å²) in [5.74, 6) is -0.0238. The molecule has 2 rings (SSSR count). The van der Waals surface area contributed by atoms with E-state index in [0.29, 0.717) is 5.16 Å². The third kappa shape index (κ3) is 3.94. The van der Waals surface area contributed by atoms with Crippen molar-refractivity contribution in [1.29, 1.82) is 0 Å². The number of nitrogens with zero attached hydrogens (tertiary/aromatic N) is 4. The molecular formula is C12H20N4O3S. The van der Waals surface area contributed by atoms with Crippen LogP contribution in [0.15, 0.2) is 5.16 Å². The molecule has 0 saturated carbocycles. The minimum Gasteiger partial charge on any atom is -0.481 e. The van der Waals surface area contributed by atoms with E-state index in [2.05, 4.69) is 22.0 Å². The first-order chi connectivity index (χ1) is 9.58. The summed E-state index contributed by atoms with van der Waals surface area (Å²) in [6.45, 7) is 8.31. The average Bonchev–Trinajstić information content (AvgIpc) is 2.78. The van der Waals surface area contributed by atoms with Crippen LogP contribution in [0.5, 0.6) is 0 Å². The minimum absolute atomic E-state index is 0.00239. The number of carboxylic acid groups (broad SMARTS) is 1. The molecule has 1 aromatic rings. The molecule has 1 atom stereocenters. The van der Waals surface area contributed by atoms with Crippen molar-refractivity contribution in [3.63, 3.8) is 0 Å². The standard InChI is InChI=1S/C12H20N4O3S/c1-9(7-15-3-5-19-6-4-15)16-10(2)13-14-12(16)20-8-11(17)18/h9H,3-8H2,1-2H3,(H,17,18). The fraction of sp³-hybridized carbons (Fsp3) is 0.750. The normalized spacial score (nSPS) is 18.1. The molecule has 0 spiro atoms. The van der Waals surface area contributed by atoms with E-state index >= 15 is 0 Å². The maximum atomic E-state index is 10.7. The number of aromatic nitrogens is 3. The summed E-state index contributed by atoms with van der Waals surface area (Å²) < 4.78 is 7.36. The van der Waals surface area contributed by atoms with Crippen LogP contribution in [0.4, 0.5) is 0 Å². The Morgan fingerprint density at radius 3 is 2.80 bits per heavy atom. The third-order valence-corrected chi connectivity index (χ3v) is 4.15. The summed E-state index contributed by atoms with van der Waals surface area (Å²) in [5, 5.41) is 17.6. The highest BCUT2D eigenvalue weighted by Gasteiger charge is 2.20. The number of rotatable bonds is 6. The monoisotopic (exact) mass is 300 g/mol. The van der Waals surface area contributed by atoms with E-state index in [1.54, 1.807) is 0 Å². The van der Waals surface area contributed by atoms with Gasteiger partial charge in [0.25, 0.3) is 0 Å². The Kier molecular flexibility index (Phi) is 5.38. The molecule has 1 N–H and O–H groups in total. The molecule has 1 aliphatic heterocycles. The summed E-state index contributed by atoms with van der Waals surface area (Å²) in [7, 11) is 0. The summed E-state index contributed by atoms with van der Waals surface area (Å²) in [4.78, 5) is 13.0. The third-order valence-electron chi connectivity index (χ3n) is 3.23. The van der Waals surface area contributed by atoms with Crippen LogP contribution in [0.3, 0.4) is 0 Å². The number of aryl methyl sites for hydroxylation is 1. The van der Waals surface area contributed by atoms with Crippen LogP contribution in [0.25, 0.3) is 0 Å². The van der Waals surface area contributed by atoms with Crippen LogP contribution < -0.4 is 0 Å². The number of hydrogen-bond acceptors (Lipinski definition) is 6. The molecule has 0 amide bonds. The lowest BCUT2D eigenvalue weighted by atomic mass is 10.3. The lowest BCUT2D eigenvalue weighted by Gasteiger charge is -2.30. The van der Waals surface area contributed by atoms with Crippen LogP contribution in [0.1, 0.15) is 18.8 Å². The molecule has 0 aromatic carbocycles. The van der Waals surface area contributed by atoms with E-state index in [9.17, 15) is 4.79 Å². The van der Waals surface area contributed by atoms with E-state index in [-0.39, 0.29) is 11.8 Å². The molecule has 20 heavy (non-hydrogen) atoms. The lowest BCUT2D eigenvalue weighted by Crippen LogP contribution is -2.39. The molecular weight excluding hydrogens is 280 g/mol. The number of carboxylic acids is 1. The van der Waals surface area contributed by atoms with Crippen LogP contribution in [-0.4, -0.2) is 69.3 Å². The first-order valence-corrected chi connectivity index (χ1v) is 7.62. The van der Waals surface area contributed by atoms with Crippen molar-refractivity contribution in [2.45, 2.75) is 25.0 Å². The Balaban J connectivity index is 2.01. The van der Waals surface area contributed by atoms with Gasteiger partial charge in [-0.05, 0) is 13.8 Å². The van der Waals surface area contributed by atoms with Gasteiger partial charge in [-0.3, -0.25) is 9.69 Å². The van der Waals surface area contributed by atoms with Crippen LogP contribution >= 0.6 is 11.8 Å². The van der Waals surface area contributed by atoms with E-state index in [4.69, 9.17) is 9.84 Å². The molecule has 0 bridgehead atoms. The van der Waals surface area contributed by atoms with Crippen molar-refractivity contribution in [2.75, 3.05) is 38.6 Å². The molecule has 1 unspecified atom stereocenters. The molecule has 1 saturated heterocycles. The molecule has 112 valence electrons. The number of hydrogen-bond donors (Lipinski definition) is 1. The lowest BCUT2D eigenvalue weighted by molar-refractivity contribution is -0.133. The molecule has 1 aromatic heterocycles. The highest BCUT2D eigenvalue weighted by atomic mass is 32.2. The molecule has 7 nitrogen and oxygen atoms in total. The Labute approximate surface area is 122 Å². The van der Waals surface area contributed by atoms with Gasteiger partial charge in [-0.1, -0.05) is 11.8 Å². The summed E-state index contributed by atoms with van der Waals surface area (Å²) >= 11 is 1.21. The quantitative estimate of drug-likeness (QED) is 0.773. The smallest absolute Gasteiger partial charge is 0.313 e. The predicted octanol–water partition coefficient (Wildman–Crippen LogP) is 0.656. The van der Waals surface area contributed by atoms with Gasteiger partial charge >= 0.3 is 5.97 Å². The second-order valence-electron chi connectivity index (χ2n) is 4.84. The number of morpholine rings is 1. The maximum Gasteiger partial charge on any atom is 0.313 e. The first-order valence-electron chi connectivity index (χ1n) is 6.64. The van der Waals surface area contributed by atoms with E-state index in [1.807, 2.05) is 11.5 Å². The van der Waals surface area contributed by atoms with E-state index < -0.39 is 5.97 Å². The van der Waals surface area contributed by atoms with Crippen molar-refractivity contribution in [3.8, 4) is 0 Å². The second-order valence-corrected chi connectivity index (χ2v) is 5.79. The van der Waals surface area contributed by atoms with Crippen molar-refractivity contribution >= 4 is 17.7 Å². The van der Waals surface area contributed by atoms with Crippen LogP contribution in [-0.2, 0) is 9.53 Å². The second kappa shape index (κ2) is 7.05. The van der Waals surface area contributed by atoms with Crippen molar-refractivity contribution < 1.29 is 14.6 Å². The SMILES string of the molecule is Cc1nnc(SCC(=O)O)n1C(C)CN1CCOCC1. The molecule has 0 aliphatic carbocycles. The minimum atomic E-state index is -0.844. The Bertz CT molecular complexity index is 460. The zero-order valence-corrected chi connectivity index (χ0v) is 12.6. The van der Waals surface area contributed by atoms with Crippen molar-refractivity contribution in [1.82, 2.24) is 19.7 Å². The topological polar surface area (TPSA) is 80.5 Å². The molecule has 8 heteroatoms. The van der Waals surface area contributed by atoms with E-state index in [1.165, 1.54) is 11.8 Å². The molecule has 1 fully saturated rings. The molecule has 1 aliphatic rings.